The first kappa shape index (κ1) is 20.6. The first-order valence-corrected chi connectivity index (χ1v) is 10.6. The summed E-state index contributed by atoms with van der Waals surface area (Å²) in [4.78, 5) is 14.3. The molecule has 3 aromatic carbocycles. The highest BCUT2D eigenvalue weighted by molar-refractivity contribution is 6.05. The quantitative estimate of drug-likeness (QED) is 0.439. The number of hydrogen-bond donors (Lipinski definition) is 1. The van der Waals surface area contributed by atoms with Crippen LogP contribution in [0.25, 0.3) is 16.7 Å². The molecule has 0 saturated heterocycles. The van der Waals surface area contributed by atoms with E-state index in [1.165, 1.54) is 5.56 Å². The third kappa shape index (κ3) is 4.74. The molecule has 0 radical (unpaired) electrons. The minimum atomic E-state index is -0.183. The van der Waals surface area contributed by atoms with Crippen LogP contribution in [-0.2, 0) is 6.42 Å². The molecule has 4 rings (SSSR count). The minimum absolute atomic E-state index is 0.143. The van der Waals surface area contributed by atoms with Crippen molar-refractivity contribution in [1.82, 2.24) is 15.0 Å². The van der Waals surface area contributed by atoms with Gasteiger partial charge in [-0.05, 0) is 79.9 Å². The Bertz CT molecular complexity index is 1180. The lowest BCUT2D eigenvalue weighted by molar-refractivity contribution is 0.102. The van der Waals surface area contributed by atoms with E-state index >= 15 is 0 Å². The molecule has 4 aromatic rings. The molecule has 1 aromatic heterocycles. The Morgan fingerprint density at radius 2 is 1.68 bits per heavy atom. The van der Waals surface area contributed by atoms with Crippen molar-refractivity contribution in [3.63, 3.8) is 0 Å². The Balaban J connectivity index is 1.48. The maximum atomic E-state index is 12.6. The number of hydrogen-bond acceptors (Lipinski definition) is 4. The van der Waals surface area contributed by atoms with Gasteiger partial charge in [0.1, 0.15) is 16.8 Å². The van der Waals surface area contributed by atoms with Gasteiger partial charge in [0.2, 0.25) is 0 Å². The monoisotopic (exact) mass is 414 g/mol. The Kier molecular flexibility index (Phi) is 5.98. The number of carbonyl (C=O) groups is 1. The van der Waals surface area contributed by atoms with E-state index in [2.05, 4.69) is 41.5 Å². The number of carbonyl (C=O) groups excluding carboxylic acids is 1. The molecule has 0 saturated carbocycles. The van der Waals surface area contributed by atoms with Gasteiger partial charge in [-0.1, -0.05) is 26.0 Å². The summed E-state index contributed by atoms with van der Waals surface area (Å²) in [5, 5.41) is 12.0. The van der Waals surface area contributed by atoms with Crippen LogP contribution in [0.4, 0.5) is 5.69 Å². The van der Waals surface area contributed by atoms with Crippen molar-refractivity contribution >= 4 is 22.6 Å². The number of rotatable bonds is 7. The van der Waals surface area contributed by atoms with Gasteiger partial charge < -0.3 is 10.1 Å². The normalized spacial score (nSPS) is 12.0. The molecule has 1 atom stereocenters. The number of fused-ring (bicyclic) bond motifs is 1. The fourth-order valence-electron chi connectivity index (χ4n) is 3.18. The zero-order chi connectivity index (χ0) is 21.8. The number of anilines is 1. The highest BCUT2D eigenvalue weighted by atomic mass is 16.5. The van der Waals surface area contributed by atoms with Crippen molar-refractivity contribution in [1.29, 1.82) is 0 Å². The van der Waals surface area contributed by atoms with Crippen LogP contribution < -0.4 is 10.1 Å². The number of benzene rings is 3. The second-order valence-corrected chi connectivity index (χ2v) is 7.53. The Morgan fingerprint density at radius 1 is 0.968 bits per heavy atom. The summed E-state index contributed by atoms with van der Waals surface area (Å²) in [7, 11) is 0. The molecule has 6 nitrogen and oxygen atoms in total. The van der Waals surface area contributed by atoms with Crippen LogP contribution >= 0.6 is 0 Å². The smallest absolute Gasteiger partial charge is 0.255 e. The third-order valence-electron chi connectivity index (χ3n) is 5.24. The minimum Gasteiger partial charge on any atom is -0.491 e. The van der Waals surface area contributed by atoms with Crippen LogP contribution in [0.5, 0.6) is 5.75 Å². The number of aromatic nitrogens is 3. The molecule has 0 unspecified atom stereocenters. The number of amides is 1. The number of aryl methyl sites for hydroxylation is 1. The van der Waals surface area contributed by atoms with Crippen molar-refractivity contribution in [2.75, 3.05) is 5.32 Å². The molecular formula is C25H26N4O2. The summed E-state index contributed by atoms with van der Waals surface area (Å²) in [6.07, 6.45) is 2.06. The zero-order valence-corrected chi connectivity index (χ0v) is 18.0. The maximum absolute atomic E-state index is 12.6. The molecular weight excluding hydrogens is 388 g/mol. The lowest BCUT2D eigenvalue weighted by Crippen LogP contribution is -2.12. The molecule has 1 heterocycles. The second kappa shape index (κ2) is 9.00. The molecule has 0 fully saturated rings. The van der Waals surface area contributed by atoms with E-state index in [9.17, 15) is 4.79 Å². The van der Waals surface area contributed by atoms with Crippen molar-refractivity contribution in [3.05, 3.63) is 77.9 Å². The SMILES string of the molecule is CCc1ccc(-n2nc3ccc(NC(=O)c4ccc(O[C@H](C)CC)cc4)cc3n2)cc1. The standard InChI is InChI=1S/C25H26N4O2/c1-4-17(3)31-22-13-8-19(9-14-22)25(30)26-20-10-15-23-24(16-20)28-29(27-23)21-11-6-18(5-2)7-12-21/h6-17H,4-5H2,1-3H3,(H,26,30)/t17-/m1/s1. The summed E-state index contributed by atoms with van der Waals surface area (Å²) in [6, 6.07) is 20.9. The fraction of sp³-hybridized carbons (Fsp3) is 0.240. The highest BCUT2D eigenvalue weighted by Gasteiger charge is 2.10. The lowest BCUT2D eigenvalue weighted by atomic mass is 10.2. The molecule has 0 aliphatic rings. The van der Waals surface area contributed by atoms with E-state index in [-0.39, 0.29) is 12.0 Å². The molecule has 31 heavy (non-hydrogen) atoms. The number of ether oxygens (including phenoxy) is 1. The lowest BCUT2D eigenvalue weighted by Gasteiger charge is -2.12. The van der Waals surface area contributed by atoms with Gasteiger partial charge in [-0.3, -0.25) is 4.79 Å². The van der Waals surface area contributed by atoms with Crippen LogP contribution in [0.15, 0.2) is 66.7 Å². The van der Waals surface area contributed by atoms with E-state index in [0.29, 0.717) is 11.3 Å². The zero-order valence-electron chi connectivity index (χ0n) is 18.0. The van der Waals surface area contributed by atoms with E-state index in [0.717, 1.165) is 35.3 Å². The Hall–Kier alpha value is -3.67. The van der Waals surface area contributed by atoms with Gasteiger partial charge in [0, 0.05) is 11.3 Å². The summed E-state index contributed by atoms with van der Waals surface area (Å²) < 4.78 is 5.77. The molecule has 0 bridgehead atoms. The second-order valence-electron chi connectivity index (χ2n) is 7.53. The average Bonchev–Trinajstić information content (AvgIpc) is 3.23. The third-order valence-corrected chi connectivity index (χ3v) is 5.24. The van der Waals surface area contributed by atoms with Crippen LogP contribution in [0, 0.1) is 0 Å². The van der Waals surface area contributed by atoms with Crippen LogP contribution in [0.2, 0.25) is 0 Å². The van der Waals surface area contributed by atoms with Crippen LogP contribution in [0.1, 0.15) is 43.1 Å². The molecule has 158 valence electrons. The van der Waals surface area contributed by atoms with Gasteiger partial charge in [0.05, 0.1) is 11.8 Å². The number of nitrogens with zero attached hydrogens (tertiary/aromatic N) is 3. The van der Waals surface area contributed by atoms with Gasteiger partial charge in [-0.15, -0.1) is 10.2 Å². The van der Waals surface area contributed by atoms with Crippen molar-refractivity contribution in [3.8, 4) is 11.4 Å². The van der Waals surface area contributed by atoms with E-state index in [1.54, 1.807) is 16.9 Å². The first-order valence-electron chi connectivity index (χ1n) is 10.6. The molecule has 6 heteroatoms. The summed E-state index contributed by atoms with van der Waals surface area (Å²) >= 11 is 0. The van der Waals surface area contributed by atoms with Gasteiger partial charge in [0.15, 0.2) is 0 Å². The molecule has 0 aliphatic heterocycles. The Labute approximate surface area is 181 Å². The highest BCUT2D eigenvalue weighted by Crippen LogP contribution is 2.20. The molecule has 1 N–H and O–H groups in total. The van der Waals surface area contributed by atoms with E-state index in [1.807, 2.05) is 49.4 Å². The first-order chi connectivity index (χ1) is 15.1. The van der Waals surface area contributed by atoms with Crippen LogP contribution in [0.3, 0.4) is 0 Å². The van der Waals surface area contributed by atoms with Gasteiger partial charge in [-0.2, -0.15) is 4.80 Å². The topological polar surface area (TPSA) is 69.0 Å². The van der Waals surface area contributed by atoms with Crippen LogP contribution in [-0.4, -0.2) is 27.0 Å². The number of nitrogens with one attached hydrogen (secondary N) is 1. The predicted molar refractivity (Wildman–Crippen MR) is 123 cm³/mol. The van der Waals surface area contributed by atoms with Crippen molar-refractivity contribution in [2.45, 2.75) is 39.7 Å². The molecule has 0 aliphatic carbocycles. The summed E-state index contributed by atoms with van der Waals surface area (Å²) in [5.41, 5.74) is 4.89. The van der Waals surface area contributed by atoms with Gasteiger partial charge >= 0.3 is 0 Å². The van der Waals surface area contributed by atoms with Gasteiger partial charge in [0.25, 0.3) is 5.91 Å². The maximum Gasteiger partial charge on any atom is 0.255 e. The van der Waals surface area contributed by atoms with E-state index < -0.39 is 0 Å². The Morgan fingerprint density at radius 3 is 2.35 bits per heavy atom. The largest absolute Gasteiger partial charge is 0.491 e. The average molecular weight is 415 g/mol. The van der Waals surface area contributed by atoms with Crippen molar-refractivity contribution < 1.29 is 9.53 Å². The predicted octanol–water partition coefficient (Wildman–Crippen LogP) is 5.41. The summed E-state index contributed by atoms with van der Waals surface area (Å²) in [6.45, 7) is 6.22. The van der Waals surface area contributed by atoms with Crippen molar-refractivity contribution in [2.24, 2.45) is 0 Å². The van der Waals surface area contributed by atoms with E-state index in [4.69, 9.17) is 4.74 Å². The molecule has 1 amide bonds. The fourth-order valence-corrected chi connectivity index (χ4v) is 3.18. The summed E-state index contributed by atoms with van der Waals surface area (Å²) in [5.74, 6) is 0.577. The van der Waals surface area contributed by atoms with Gasteiger partial charge in [-0.25, -0.2) is 0 Å². The molecule has 0 spiro atoms.